The first-order valence-corrected chi connectivity index (χ1v) is 7.68. The third-order valence-corrected chi connectivity index (χ3v) is 4.01. The third kappa shape index (κ3) is 5.93. The summed E-state index contributed by atoms with van der Waals surface area (Å²) in [5.74, 6) is 0. The SMILES string of the molecule is CC(C)NC(C)(C#N)CCCCN1CCC(C)(C)C1. The second kappa shape index (κ2) is 6.72. The summed E-state index contributed by atoms with van der Waals surface area (Å²) < 4.78 is 0. The normalized spacial score (nSPS) is 22.4. The topological polar surface area (TPSA) is 39.1 Å². The molecule has 0 aliphatic carbocycles. The van der Waals surface area contributed by atoms with Crippen LogP contribution in [0.1, 0.15) is 60.3 Å². The maximum Gasteiger partial charge on any atom is 0.104 e. The molecule has 0 aromatic heterocycles. The van der Waals surface area contributed by atoms with Crippen molar-refractivity contribution < 1.29 is 0 Å². The Hall–Kier alpha value is -0.590. The molecule has 0 saturated carbocycles. The second-order valence-corrected chi connectivity index (χ2v) is 7.39. The lowest BCUT2D eigenvalue weighted by molar-refractivity contribution is 0.278. The molecule has 110 valence electrons. The number of hydrogen-bond donors (Lipinski definition) is 1. The van der Waals surface area contributed by atoms with E-state index in [1.807, 2.05) is 6.92 Å². The van der Waals surface area contributed by atoms with Crippen LogP contribution in [0.25, 0.3) is 0 Å². The van der Waals surface area contributed by atoms with Crippen LogP contribution in [0.5, 0.6) is 0 Å². The van der Waals surface area contributed by atoms with Crippen LogP contribution in [0.15, 0.2) is 0 Å². The number of hydrogen-bond acceptors (Lipinski definition) is 3. The molecule has 1 atom stereocenters. The molecular formula is C16H31N3. The van der Waals surface area contributed by atoms with E-state index in [0.29, 0.717) is 11.5 Å². The first kappa shape index (κ1) is 16.5. The third-order valence-electron chi connectivity index (χ3n) is 4.01. The van der Waals surface area contributed by atoms with Crippen molar-refractivity contribution in [3.8, 4) is 6.07 Å². The lowest BCUT2D eigenvalue weighted by atomic mass is 9.93. The van der Waals surface area contributed by atoms with Gasteiger partial charge in [-0.25, -0.2) is 0 Å². The largest absolute Gasteiger partial charge is 0.303 e. The Kier molecular flexibility index (Phi) is 5.82. The first-order valence-electron chi connectivity index (χ1n) is 7.68. The van der Waals surface area contributed by atoms with Crippen LogP contribution in [0.3, 0.4) is 0 Å². The molecule has 0 spiro atoms. The number of rotatable bonds is 7. The van der Waals surface area contributed by atoms with Crippen LogP contribution in [0.2, 0.25) is 0 Å². The van der Waals surface area contributed by atoms with Crippen molar-refractivity contribution in [1.82, 2.24) is 10.2 Å². The van der Waals surface area contributed by atoms with E-state index in [2.05, 4.69) is 44.0 Å². The van der Waals surface area contributed by atoms with Gasteiger partial charge in [0.1, 0.15) is 5.54 Å². The van der Waals surface area contributed by atoms with Crippen molar-refractivity contribution in [3.05, 3.63) is 0 Å². The molecule has 1 aliphatic rings. The zero-order valence-electron chi connectivity index (χ0n) is 13.4. The minimum Gasteiger partial charge on any atom is -0.303 e. The van der Waals surface area contributed by atoms with E-state index >= 15 is 0 Å². The Morgan fingerprint density at radius 2 is 2.05 bits per heavy atom. The minimum absolute atomic E-state index is 0.363. The van der Waals surface area contributed by atoms with Crippen molar-refractivity contribution in [2.75, 3.05) is 19.6 Å². The maximum absolute atomic E-state index is 9.29. The number of nitrogens with zero attached hydrogens (tertiary/aromatic N) is 2. The molecule has 1 saturated heterocycles. The van der Waals surface area contributed by atoms with Crippen LogP contribution >= 0.6 is 0 Å². The van der Waals surface area contributed by atoms with Gasteiger partial charge in [0, 0.05) is 12.6 Å². The molecule has 0 radical (unpaired) electrons. The molecule has 0 aromatic rings. The fourth-order valence-electron chi connectivity index (χ4n) is 3.03. The predicted octanol–water partition coefficient (Wildman–Crippen LogP) is 3.17. The zero-order valence-corrected chi connectivity index (χ0v) is 13.4. The number of likely N-dealkylation sites (tertiary alicyclic amines) is 1. The van der Waals surface area contributed by atoms with Crippen molar-refractivity contribution >= 4 is 0 Å². The van der Waals surface area contributed by atoms with E-state index < -0.39 is 0 Å². The average Bonchev–Trinajstić information content (AvgIpc) is 2.64. The van der Waals surface area contributed by atoms with Gasteiger partial charge in [0.05, 0.1) is 6.07 Å². The fourth-order valence-corrected chi connectivity index (χ4v) is 3.03. The van der Waals surface area contributed by atoms with Crippen LogP contribution in [-0.4, -0.2) is 36.1 Å². The molecule has 1 aliphatic heterocycles. The summed E-state index contributed by atoms with van der Waals surface area (Å²) in [6.45, 7) is 14.6. The molecule has 1 N–H and O–H groups in total. The van der Waals surface area contributed by atoms with Crippen molar-refractivity contribution in [3.63, 3.8) is 0 Å². The molecule has 1 unspecified atom stereocenters. The zero-order chi connectivity index (χ0) is 14.5. The van der Waals surface area contributed by atoms with E-state index in [9.17, 15) is 5.26 Å². The van der Waals surface area contributed by atoms with Gasteiger partial charge in [-0.2, -0.15) is 5.26 Å². The Morgan fingerprint density at radius 3 is 2.53 bits per heavy atom. The number of nitriles is 1. The summed E-state index contributed by atoms with van der Waals surface area (Å²) in [5, 5.41) is 12.7. The fraction of sp³-hybridized carbons (Fsp3) is 0.938. The molecule has 0 bridgehead atoms. The highest BCUT2D eigenvalue weighted by molar-refractivity contribution is 5.04. The van der Waals surface area contributed by atoms with E-state index in [-0.39, 0.29) is 5.54 Å². The molecule has 1 heterocycles. The maximum atomic E-state index is 9.29. The molecule has 0 amide bonds. The number of nitrogens with one attached hydrogen (secondary N) is 1. The van der Waals surface area contributed by atoms with Gasteiger partial charge in [0.15, 0.2) is 0 Å². The summed E-state index contributed by atoms with van der Waals surface area (Å²) >= 11 is 0. The van der Waals surface area contributed by atoms with Gasteiger partial charge in [-0.1, -0.05) is 13.8 Å². The van der Waals surface area contributed by atoms with Gasteiger partial charge in [-0.3, -0.25) is 5.32 Å². The van der Waals surface area contributed by atoms with Crippen LogP contribution in [0, 0.1) is 16.7 Å². The van der Waals surface area contributed by atoms with Crippen molar-refractivity contribution in [1.29, 1.82) is 5.26 Å². The van der Waals surface area contributed by atoms with E-state index in [0.717, 1.165) is 12.8 Å². The highest BCUT2D eigenvalue weighted by Crippen LogP contribution is 2.28. The van der Waals surface area contributed by atoms with Gasteiger partial charge in [0.2, 0.25) is 0 Å². The second-order valence-electron chi connectivity index (χ2n) is 7.39. The molecule has 3 heteroatoms. The number of unbranched alkanes of at least 4 members (excludes halogenated alkanes) is 1. The smallest absolute Gasteiger partial charge is 0.104 e. The summed E-state index contributed by atoms with van der Waals surface area (Å²) in [5.41, 5.74) is 0.138. The highest BCUT2D eigenvalue weighted by Gasteiger charge is 2.29. The summed E-state index contributed by atoms with van der Waals surface area (Å²) in [4.78, 5) is 2.57. The van der Waals surface area contributed by atoms with E-state index in [1.165, 1.54) is 32.5 Å². The van der Waals surface area contributed by atoms with Gasteiger partial charge >= 0.3 is 0 Å². The Balaban J connectivity index is 2.22. The molecule has 1 rings (SSSR count). The van der Waals surface area contributed by atoms with Gasteiger partial charge in [-0.15, -0.1) is 0 Å². The Bertz CT molecular complexity index is 316. The molecular weight excluding hydrogens is 234 g/mol. The van der Waals surface area contributed by atoms with Gasteiger partial charge < -0.3 is 4.90 Å². The highest BCUT2D eigenvalue weighted by atomic mass is 15.1. The molecule has 1 fully saturated rings. The first-order chi connectivity index (χ1) is 8.76. The Labute approximate surface area is 119 Å². The predicted molar refractivity (Wildman–Crippen MR) is 81.0 cm³/mol. The molecule has 3 nitrogen and oxygen atoms in total. The summed E-state index contributed by atoms with van der Waals surface area (Å²) in [6, 6.07) is 2.79. The lowest BCUT2D eigenvalue weighted by Gasteiger charge is -2.26. The van der Waals surface area contributed by atoms with Crippen molar-refractivity contribution in [2.24, 2.45) is 5.41 Å². The monoisotopic (exact) mass is 265 g/mol. The van der Waals surface area contributed by atoms with Crippen molar-refractivity contribution in [2.45, 2.75) is 71.9 Å². The van der Waals surface area contributed by atoms with Crippen LogP contribution in [-0.2, 0) is 0 Å². The Morgan fingerprint density at radius 1 is 1.37 bits per heavy atom. The summed E-state index contributed by atoms with van der Waals surface area (Å²) in [6.07, 6.45) is 4.59. The standard InChI is InChI=1S/C16H31N3/c1-14(2)18-16(5,12-17)8-6-7-10-19-11-9-15(3,4)13-19/h14,18H,6-11,13H2,1-5H3. The van der Waals surface area contributed by atoms with E-state index in [4.69, 9.17) is 0 Å². The van der Waals surface area contributed by atoms with E-state index in [1.54, 1.807) is 0 Å². The van der Waals surface area contributed by atoms with Crippen LogP contribution in [0.4, 0.5) is 0 Å². The average molecular weight is 265 g/mol. The van der Waals surface area contributed by atoms with Gasteiger partial charge in [0.25, 0.3) is 0 Å². The minimum atomic E-state index is -0.363. The van der Waals surface area contributed by atoms with Crippen LogP contribution < -0.4 is 5.32 Å². The molecule has 0 aromatic carbocycles. The van der Waals surface area contributed by atoms with Gasteiger partial charge in [-0.05, 0) is 65.0 Å². The summed E-state index contributed by atoms with van der Waals surface area (Å²) in [7, 11) is 0. The molecule has 19 heavy (non-hydrogen) atoms. The quantitative estimate of drug-likeness (QED) is 0.719. The lowest BCUT2D eigenvalue weighted by Crippen LogP contribution is -2.44.